The lowest BCUT2D eigenvalue weighted by Gasteiger charge is -2.28. The Morgan fingerprint density at radius 2 is 1.90 bits per heavy atom. The molecule has 0 aliphatic carbocycles. The fraction of sp³-hybridized carbons (Fsp3) is 0.375. The van der Waals surface area contributed by atoms with Gasteiger partial charge in [-0.2, -0.15) is 0 Å². The predicted octanol–water partition coefficient (Wildman–Crippen LogP) is 4.24. The van der Waals surface area contributed by atoms with Crippen LogP contribution >= 0.6 is 0 Å². The van der Waals surface area contributed by atoms with Crippen LogP contribution in [0.1, 0.15) is 42.4 Å². The summed E-state index contributed by atoms with van der Waals surface area (Å²) >= 11 is 0. The SMILES string of the molecule is COc1ccc(OC)c(-c2ccc(CN3CCc4nc(C(C)C)ncc4C3)cn2)c1. The van der Waals surface area contributed by atoms with Crippen molar-refractivity contribution in [2.24, 2.45) is 0 Å². The Labute approximate surface area is 177 Å². The van der Waals surface area contributed by atoms with Crippen molar-refractivity contribution in [3.63, 3.8) is 0 Å². The molecular formula is C24H28N4O2. The highest BCUT2D eigenvalue weighted by Crippen LogP contribution is 2.32. The third-order valence-corrected chi connectivity index (χ3v) is 5.46. The van der Waals surface area contributed by atoms with Gasteiger partial charge in [0.15, 0.2) is 0 Å². The van der Waals surface area contributed by atoms with Crippen LogP contribution in [0.5, 0.6) is 11.5 Å². The molecule has 0 atom stereocenters. The lowest BCUT2D eigenvalue weighted by molar-refractivity contribution is 0.242. The standard InChI is InChI=1S/C24H28N4O2/c1-16(2)24-26-13-18-15-28(10-9-21(18)27-24)14-17-5-7-22(25-12-17)20-11-19(29-3)6-8-23(20)30-4/h5-8,11-13,16H,9-10,14-15H2,1-4H3. The predicted molar refractivity (Wildman–Crippen MR) is 117 cm³/mol. The van der Waals surface area contributed by atoms with Gasteiger partial charge in [0.05, 0.1) is 19.9 Å². The summed E-state index contributed by atoms with van der Waals surface area (Å²) < 4.78 is 10.8. The van der Waals surface area contributed by atoms with Crippen molar-refractivity contribution >= 4 is 0 Å². The van der Waals surface area contributed by atoms with E-state index in [1.165, 1.54) is 16.8 Å². The summed E-state index contributed by atoms with van der Waals surface area (Å²) in [6.07, 6.45) is 4.91. The first-order chi connectivity index (χ1) is 14.6. The molecule has 0 saturated heterocycles. The molecule has 1 aromatic carbocycles. The number of fused-ring (bicyclic) bond motifs is 1. The first kappa shape index (κ1) is 20.3. The fourth-order valence-corrected chi connectivity index (χ4v) is 3.75. The Morgan fingerprint density at radius 1 is 1.03 bits per heavy atom. The summed E-state index contributed by atoms with van der Waals surface area (Å²) in [7, 11) is 3.33. The lowest BCUT2D eigenvalue weighted by Crippen LogP contribution is -2.31. The van der Waals surface area contributed by atoms with Crippen LogP contribution in [0.2, 0.25) is 0 Å². The quantitative estimate of drug-likeness (QED) is 0.613. The van der Waals surface area contributed by atoms with E-state index in [1.807, 2.05) is 36.7 Å². The van der Waals surface area contributed by atoms with Crippen LogP contribution in [-0.2, 0) is 19.5 Å². The Balaban J connectivity index is 1.47. The minimum Gasteiger partial charge on any atom is -0.497 e. The fourth-order valence-electron chi connectivity index (χ4n) is 3.75. The van der Waals surface area contributed by atoms with Crippen LogP contribution in [0.3, 0.4) is 0 Å². The van der Waals surface area contributed by atoms with Gasteiger partial charge in [-0.1, -0.05) is 19.9 Å². The van der Waals surface area contributed by atoms with Gasteiger partial charge < -0.3 is 9.47 Å². The molecule has 0 N–H and O–H groups in total. The van der Waals surface area contributed by atoms with Crippen molar-refractivity contribution in [1.29, 1.82) is 0 Å². The average molecular weight is 405 g/mol. The molecular weight excluding hydrogens is 376 g/mol. The minimum absolute atomic E-state index is 0.362. The first-order valence-corrected chi connectivity index (χ1v) is 10.3. The van der Waals surface area contributed by atoms with Gasteiger partial charge in [0.1, 0.15) is 17.3 Å². The number of hydrogen-bond acceptors (Lipinski definition) is 6. The van der Waals surface area contributed by atoms with E-state index in [-0.39, 0.29) is 0 Å². The summed E-state index contributed by atoms with van der Waals surface area (Å²) in [4.78, 5) is 16.4. The highest BCUT2D eigenvalue weighted by molar-refractivity contribution is 5.69. The maximum absolute atomic E-state index is 5.49. The normalized spacial score (nSPS) is 13.9. The molecule has 0 saturated carbocycles. The monoisotopic (exact) mass is 404 g/mol. The summed E-state index contributed by atoms with van der Waals surface area (Å²) in [5, 5.41) is 0. The molecule has 0 unspecified atom stereocenters. The second kappa shape index (κ2) is 8.79. The largest absolute Gasteiger partial charge is 0.497 e. The molecule has 1 aliphatic heterocycles. The minimum atomic E-state index is 0.362. The van der Waals surface area contributed by atoms with Gasteiger partial charge in [0, 0.05) is 61.2 Å². The number of methoxy groups -OCH3 is 2. The van der Waals surface area contributed by atoms with Gasteiger partial charge >= 0.3 is 0 Å². The van der Waals surface area contributed by atoms with Crippen LogP contribution < -0.4 is 9.47 Å². The van der Waals surface area contributed by atoms with E-state index in [0.29, 0.717) is 5.92 Å². The number of nitrogens with zero attached hydrogens (tertiary/aromatic N) is 4. The lowest BCUT2D eigenvalue weighted by atomic mass is 10.1. The Bertz CT molecular complexity index is 1020. The molecule has 6 heteroatoms. The van der Waals surface area contributed by atoms with Gasteiger partial charge in [-0.25, -0.2) is 9.97 Å². The maximum atomic E-state index is 5.49. The average Bonchev–Trinajstić information content (AvgIpc) is 2.78. The summed E-state index contributed by atoms with van der Waals surface area (Å²) in [6.45, 7) is 6.99. The third-order valence-electron chi connectivity index (χ3n) is 5.46. The second-order valence-electron chi connectivity index (χ2n) is 7.93. The molecule has 0 bridgehead atoms. The van der Waals surface area contributed by atoms with E-state index in [2.05, 4.69) is 34.8 Å². The van der Waals surface area contributed by atoms with Crippen LogP contribution in [0.4, 0.5) is 0 Å². The summed E-state index contributed by atoms with van der Waals surface area (Å²) in [6, 6.07) is 9.92. The van der Waals surface area contributed by atoms with Crippen molar-refractivity contribution in [1.82, 2.24) is 19.9 Å². The van der Waals surface area contributed by atoms with E-state index in [1.54, 1.807) is 14.2 Å². The number of hydrogen-bond donors (Lipinski definition) is 0. The topological polar surface area (TPSA) is 60.4 Å². The van der Waals surface area contributed by atoms with Crippen LogP contribution in [0.15, 0.2) is 42.7 Å². The number of pyridine rings is 1. The number of rotatable bonds is 6. The van der Waals surface area contributed by atoms with Gasteiger partial charge in [-0.15, -0.1) is 0 Å². The Hall–Kier alpha value is -2.99. The van der Waals surface area contributed by atoms with Gasteiger partial charge in [0.2, 0.25) is 0 Å². The maximum Gasteiger partial charge on any atom is 0.131 e. The molecule has 2 aromatic heterocycles. The van der Waals surface area contributed by atoms with Gasteiger partial charge in [0.25, 0.3) is 0 Å². The molecule has 4 rings (SSSR count). The molecule has 156 valence electrons. The zero-order chi connectivity index (χ0) is 21.1. The molecule has 1 aliphatic rings. The van der Waals surface area contributed by atoms with E-state index in [0.717, 1.165) is 54.6 Å². The Morgan fingerprint density at radius 3 is 2.60 bits per heavy atom. The number of aromatic nitrogens is 3. The molecule has 30 heavy (non-hydrogen) atoms. The van der Waals surface area contributed by atoms with E-state index in [4.69, 9.17) is 14.5 Å². The molecule has 0 radical (unpaired) electrons. The van der Waals surface area contributed by atoms with Crippen molar-refractivity contribution in [3.05, 3.63) is 65.4 Å². The van der Waals surface area contributed by atoms with E-state index in [9.17, 15) is 0 Å². The van der Waals surface area contributed by atoms with Gasteiger partial charge in [-0.05, 0) is 29.8 Å². The van der Waals surface area contributed by atoms with Crippen molar-refractivity contribution in [2.75, 3.05) is 20.8 Å². The molecule has 3 aromatic rings. The van der Waals surface area contributed by atoms with E-state index < -0.39 is 0 Å². The smallest absolute Gasteiger partial charge is 0.131 e. The van der Waals surface area contributed by atoms with Crippen LogP contribution in [0.25, 0.3) is 11.3 Å². The second-order valence-corrected chi connectivity index (χ2v) is 7.93. The van der Waals surface area contributed by atoms with Crippen molar-refractivity contribution < 1.29 is 9.47 Å². The Kier molecular flexibility index (Phi) is 5.95. The van der Waals surface area contributed by atoms with Crippen LogP contribution in [-0.4, -0.2) is 40.6 Å². The van der Waals surface area contributed by atoms with E-state index >= 15 is 0 Å². The highest BCUT2D eigenvalue weighted by Gasteiger charge is 2.19. The van der Waals surface area contributed by atoms with Gasteiger partial charge in [-0.3, -0.25) is 9.88 Å². The number of ether oxygens (including phenoxy) is 2. The van der Waals surface area contributed by atoms with Crippen molar-refractivity contribution in [2.45, 2.75) is 39.3 Å². The highest BCUT2D eigenvalue weighted by atomic mass is 16.5. The molecule has 0 fully saturated rings. The zero-order valence-corrected chi connectivity index (χ0v) is 18.1. The first-order valence-electron chi connectivity index (χ1n) is 10.3. The summed E-state index contributed by atoms with van der Waals surface area (Å²) in [5.74, 6) is 2.87. The third kappa shape index (κ3) is 4.28. The summed E-state index contributed by atoms with van der Waals surface area (Å²) in [5.41, 5.74) is 5.41. The zero-order valence-electron chi connectivity index (χ0n) is 18.1. The van der Waals surface area contributed by atoms with Crippen molar-refractivity contribution in [3.8, 4) is 22.8 Å². The molecule has 0 spiro atoms. The number of benzene rings is 1. The molecule has 0 amide bonds. The molecule has 3 heterocycles. The molecule has 6 nitrogen and oxygen atoms in total. The van der Waals surface area contributed by atoms with Crippen LogP contribution in [0, 0.1) is 0 Å².